The lowest BCUT2D eigenvalue weighted by Gasteiger charge is -2.15. The number of rotatable bonds is 6. The minimum absolute atomic E-state index is 0.107. The predicted molar refractivity (Wildman–Crippen MR) is 115 cm³/mol. The average molecular weight is 407 g/mol. The van der Waals surface area contributed by atoms with Gasteiger partial charge in [-0.15, -0.1) is 0 Å². The van der Waals surface area contributed by atoms with Crippen molar-refractivity contribution in [2.24, 2.45) is 0 Å². The van der Waals surface area contributed by atoms with E-state index in [1.165, 1.54) is 0 Å². The Bertz CT molecular complexity index is 1200. The lowest BCUT2D eigenvalue weighted by Crippen LogP contribution is -2.26. The van der Waals surface area contributed by atoms with Crippen LogP contribution in [-0.4, -0.2) is 23.3 Å². The van der Waals surface area contributed by atoms with E-state index in [9.17, 15) is 4.79 Å². The molecular formula is C23H19ClN2O3. The topological polar surface area (TPSA) is 53.4 Å². The van der Waals surface area contributed by atoms with Gasteiger partial charge in [0.1, 0.15) is 12.4 Å². The van der Waals surface area contributed by atoms with E-state index in [1.807, 2.05) is 54.6 Å². The quantitative estimate of drug-likeness (QED) is 0.461. The second kappa shape index (κ2) is 8.37. The highest BCUT2D eigenvalue weighted by molar-refractivity contribution is 6.30. The molecular weight excluding hydrogens is 388 g/mol. The fraction of sp³-hybridized carbons (Fsp3) is 0.130. The van der Waals surface area contributed by atoms with Crippen LogP contribution in [0.3, 0.4) is 0 Å². The number of aromatic nitrogens is 2. The van der Waals surface area contributed by atoms with E-state index in [0.29, 0.717) is 46.4 Å². The number of fused-ring (bicyclic) bond motifs is 1. The minimum Gasteiger partial charge on any atom is -0.493 e. The smallest absolute Gasteiger partial charge is 0.261 e. The molecule has 0 aliphatic rings. The van der Waals surface area contributed by atoms with Crippen LogP contribution in [0.4, 0.5) is 0 Å². The minimum atomic E-state index is -0.107. The maximum Gasteiger partial charge on any atom is 0.261 e. The lowest BCUT2D eigenvalue weighted by molar-refractivity contribution is 0.278. The molecule has 146 valence electrons. The van der Waals surface area contributed by atoms with Gasteiger partial charge >= 0.3 is 0 Å². The van der Waals surface area contributed by atoms with Gasteiger partial charge in [-0.2, -0.15) is 0 Å². The number of hydrogen-bond donors (Lipinski definition) is 0. The van der Waals surface area contributed by atoms with Crippen molar-refractivity contribution in [1.29, 1.82) is 0 Å². The summed E-state index contributed by atoms with van der Waals surface area (Å²) in [6, 6.07) is 22.0. The molecule has 1 heterocycles. The third-order valence-corrected chi connectivity index (χ3v) is 4.86. The average Bonchev–Trinajstić information content (AvgIpc) is 2.76. The van der Waals surface area contributed by atoms with Gasteiger partial charge in [0.25, 0.3) is 5.56 Å². The summed E-state index contributed by atoms with van der Waals surface area (Å²) in [5.41, 5.74) is 1.36. The summed E-state index contributed by atoms with van der Waals surface area (Å²) in [6.07, 6.45) is 0. The second-order valence-corrected chi connectivity index (χ2v) is 6.85. The van der Waals surface area contributed by atoms with E-state index in [1.54, 1.807) is 29.9 Å². The lowest BCUT2D eigenvalue weighted by atomic mass is 10.2. The highest BCUT2D eigenvalue weighted by Crippen LogP contribution is 2.26. The maximum atomic E-state index is 13.2. The van der Waals surface area contributed by atoms with Crippen molar-refractivity contribution in [1.82, 2.24) is 9.55 Å². The van der Waals surface area contributed by atoms with E-state index in [2.05, 4.69) is 0 Å². The van der Waals surface area contributed by atoms with Gasteiger partial charge in [-0.3, -0.25) is 9.36 Å². The first-order valence-electron chi connectivity index (χ1n) is 9.19. The van der Waals surface area contributed by atoms with Gasteiger partial charge in [-0.1, -0.05) is 35.9 Å². The Morgan fingerprint density at radius 2 is 1.62 bits per heavy atom. The van der Waals surface area contributed by atoms with Crippen LogP contribution in [0.5, 0.6) is 11.5 Å². The molecule has 0 radical (unpaired) electrons. The van der Waals surface area contributed by atoms with Gasteiger partial charge in [-0.05, 0) is 48.5 Å². The Morgan fingerprint density at radius 1 is 0.931 bits per heavy atom. The van der Waals surface area contributed by atoms with Crippen molar-refractivity contribution < 1.29 is 9.47 Å². The number of methoxy groups -OCH3 is 1. The molecule has 0 aliphatic carbocycles. The molecule has 0 aliphatic heterocycles. The first-order chi connectivity index (χ1) is 14.2. The first-order valence-corrected chi connectivity index (χ1v) is 9.56. The SMILES string of the molecule is COc1ccccc1OCCn1c(-c2ccc(Cl)cc2)nc2ccccc2c1=O. The molecule has 3 aromatic carbocycles. The Labute approximate surface area is 173 Å². The van der Waals surface area contributed by atoms with E-state index < -0.39 is 0 Å². The van der Waals surface area contributed by atoms with Crippen LogP contribution in [0.1, 0.15) is 0 Å². The fourth-order valence-electron chi connectivity index (χ4n) is 3.18. The molecule has 4 aromatic rings. The monoisotopic (exact) mass is 406 g/mol. The number of benzene rings is 3. The van der Waals surface area contributed by atoms with Gasteiger partial charge in [0.05, 0.1) is 24.6 Å². The molecule has 0 N–H and O–H groups in total. The van der Waals surface area contributed by atoms with Gasteiger partial charge in [0, 0.05) is 10.6 Å². The van der Waals surface area contributed by atoms with E-state index >= 15 is 0 Å². The number of halogens is 1. The molecule has 29 heavy (non-hydrogen) atoms. The standard InChI is InChI=1S/C23H19ClN2O3/c1-28-20-8-4-5-9-21(20)29-15-14-26-22(16-10-12-17(24)13-11-16)25-19-7-3-2-6-18(19)23(26)27/h2-13H,14-15H2,1H3. The molecule has 0 saturated heterocycles. The molecule has 1 aromatic heterocycles. The molecule has 0 spiro atoms. The van der Waals surface area contributed by atoms with Crippen molar-refractivity contribution in [3.63, 3.8) is 0 Å². The van der Waals surface area contributed by atoms with Crippen LogP contribution >= 0.6 is 11.6 Å². The first kappa shape index (κ1) is 19.0. The van der Waals surface area contributed by atoms with Gasteiger partial charge in [-0.25, -0.2) is 4.98 Å². The number of hydrogen-bond acceptors (Lipinski definition) is 4. The van der Waals surface area contributed by atoms with Crippen molar-refractivity contribution in [2.75, 3.05) is 13.7 Å². The zero-order valence-electron chi connectivity index (χ0n) is 15.8. The second-order valence-electron chi connectivity index (χ2n) is 6.42. The fourth-order valence-corrected chi connectivity index (χ4v) is 3.31. The molecule has 0 unspecified atom stereocenters. The van der Waals surface area contributed by atoms with E-state index in [4.69, 9.17) is 26.1 Å². The highest BCUT2D eigenvalue weighted by Gasteiger charge is 2.13. The van der Waals surface area contributed by atoms with Crippen LogP contribution in [0.2, 0.25) is 5.02 Å². The molecule has 0 bridgehead atoms. The molecule has 0 atom stereocenters. The third-order valence-electron chi connectivity index (χ3n) is 4.61. The largest absolute Gasteiger partial charge is 0.493 e. The predicted octanol–water partition coefficient (Wildman–Crippen LogP) is 4.80. The van der Waals surface area contributed by atoms with E-state index in [0.717, 1.165) is 5.56 Å². The molecule has 5 nitrogen and oxygen atoms in total. The molecule has 0 saturated carbocycles. The summed E-state index contributed by atoms with van der Waals surface area (Å²) in [5, 5.41) is 1.20. The van der Waals surface area contributed by atoms with Gasteiger partial charge in [0.2, 0.25) is 0 Å². The van der Waals surface area contributed by atoms with Crippen molar-refractivity contribution in [2.45, 2.75) is 6.54 Å². The molecule has 0 fully saturated rings. The summed E-state index contributed by atoms with van der Waals surface area (Å²) in [4.78, 5) is 17.9. The summed E-state index contributed by atoms with van der Waals surface area (Å²) in [5.74, 6) is 1.85. The van der Waals surface area contributed by atoms with Gasteiger partial charge in [0.15, 0.2) is 11.5 Å². The summed E-state index contributed by atoms with van der Waals surface area (Å²) >= 11 is 6.02. The number of nitrogens with zero attached hydrogens (tertiary/aromatic N) is 2. The third kappa shape index (κ3) is 3.96. The normalized spacial score (nSPS) is 10.8. The number of ether oxygens (including phenoxy) is 2. The molecule has 6 heteroatoms. The summed E-state index contributed by atoms with van der Waals surface area (Å²) in [6.45, 7) is 0.633. The maximum absolute atomic E-state index is 13.2. The van der Waals surface area contributed by atoms with E-state index in [-0.39, 0.29) is 5.56 Å². The zero-order chi connectivity index (χ0) is 20.2. The summed E-state index contributed by atoms with van der Waals surface area (Å²) < 4.78 is 12.8. The van der Waals surface area contributed by atoms with Crippen LogP contribution in [0.25, 0.3) is 22.3 Å². The van der Waals surface area contributed by atoms with Gasteiger partial charge < -0.3 is 9.47 Å². The number of para-hydroxylation sites is 3. The molecule has 4 rings (SSSR count). The summed E-state index contributed by atoms with van der Waals surface area (Å²) in [7, 11) is 1.60. The van der Waals surface area contributed by atoms with Crippen LogP contribution in [0.15, 0.2) is 77.6 Å². The Hall–Kier alpha value is -3.31. The Balaban J connectivity index is 1.71. The Morgan fingerprint density at radius 3 is 2.38 bits per heavy atom. The highest BCUT2D eigenvalue weighted by atomic mass is 35.5. The van der Waals surface area contributed by atoms with Crippen LogP contribution in [0, 0.1) is 0 Å². The molecule has 0 amide bonds. The van der Waals surface area contributed by atoms with Crippen molar-refractivity contribution >= 4 is 22.5 Å². The van der Waals surface area contributed by atoms with Crippen molar-refractivity contribution in [3.8, 4) is 22.9 Å². The van der Waals surface area contributed by atoms with Crippen LogP contribution in [-0.2, 0) is 6.54 Å². The van der Waals surface area contributed by atoms with Crippen molar-refractivity contribution in [3.05, 3.63) is 88.2 Å². The Kier molecular flexibility index (Phi) is 5.49. The zero-order valence-corrected chi connectivity index (χ0v) is 16.6. The van der Waals surface area contributed by atoms with Crippen LogP contribution < -0.4 is 15.0 Å².